The van der Waals surface area contributed by atoms with Crippen molar-refractivity contribution in [1.82, 2.24) is 10.3 Å². The molecule has 1 N–H and O–H groups in total. The Bertz CT molecular complexity index is 376. The summed E-state index contributed by atoms with van der Waals surface area (Å²) in [6, 6.07) is 4.33. The highest BCUT2D eigenvalue weighted by molar-refractivity contribution is 5.51. The lowest BCUT2D eigenvalue weighted by Gasteiger charge is -2.20. The van der Waals surface area contributed by atoms with Gasteiger partial charge in [0.1, 0.15) is 0 Å². The van der Waals surface area contributed by atoms with E-state index < -0.39 is 0 Å². The van der Waals surface area contributed by atoms with Crippen LogP contribution in [0.4, 0.5) is 5.69 Å². The normalized spacial score (nSPS) is 19.9. The van der Waals surface area contributed by atoms with Gasteiger partial charge in [-0.1, -0.05) is 6.92 Å². The van der Waals surface area contributed by atoms with Crippen molar-refractivity contribution in [3.8, 4) is 0 Å². The van der Waals surface area contributed by atoms with E-state index in [1.54, 1.807) is 0 Å². The fourth-order valence-corrected chi connectivity index (χ4v) is 2.58. The number of aryl methyl sites for hydroxylation is 2. The molecule has 1 fully saturated rings. The van der Waals surface area contributed by atoms with Gasteiger partial charge in [0.05, 0.1) is 11.4 Å². The second kappa shape index (κ2) is 5.50. The van der Waals surface area contributed by atoms with Crippen molar-refractivity contribution < 1.29 is 0 Å². The first-order chi connectivity index (χ1) is 8.20. The Labute approximate surface area is 104 Å². The molecule has 1 aliphatic heterocycles. The fourth-order valence-electron chi connectivity index (χ4n) is 2.58. The van der Waals surface area contributed by atoms with E-state index in [1.807, 2.05) is 0 Å². The molecule has 17 heavy (non-hydrogen) atoms. The summed E-state index contributed by atoms with van der Waals surface area (Å²) in [7, 11) is 0. The van der Waals surface area contributed by atoms with Gasteiger partial charge >= 0.3 is 0 Å². The van der Waals surface area contributed by atoms with Crippen LogP contribution in [-0.4, -0.2) is 31.2 Å². The Balaban J connectivity index is 2.00. The molecule has 0 aromatic carbocycles. The minimum absolute atomic E-state index is 0.788. The molecule has 2 rings (SSSR count). The molecule has 0 bridgehead atoms. The minimum Gasteiger partial charge on any atom is -0.370 e. The summed E-state index contributed by atoms with van der Waals surface area (Å²) in [4.78, 5) is 7.02. The van der Waals surface area contributed by atoms with Gasteiger partial charge in [0, 0.05) is 18.8 Å². The monoisotopic (exact) mass is 233 g/mol. The van der Waals surface area contributed by atoms with Crippen molar-refractivity contribution in [1.29, 1.82) is 0 Å². The zero-order valence-corrected chi connectivity index (χ0v) is 11.2. The van der Waals surface area contributed by atoms with Gasteiger partial charge in [-0.3, -0.25) is 4.98 Å². The van der Waals surface area contributed by atoms with E-state index in [1.165, 1.54) is 25.2 Å². The molecule has 1 unspecified atom stereocenters. The number of rotatable bonds is 4. The predicted octanol–water partition coefficient (Wildman–Crippen LogP) is 2.13. The second-order valence-corrected chi connectivity index (χ2v) is 4.97. The van der Waals surface area contributed by atoms with E-state index in [-0.39, 0.29) is 0 Å². The first-order valence-corrected chi connectivity index (χ1v) is 6.60. The number of anilines is 1. The molecule has 2 heterocycles. The third-order valence-electron chi connectivity index (χ3n) is 3.51. The third-order valence-corrected chi connectivity index (χ3v) is 3.51. The summed E-state index contributed by atoms with van der Waals surface area (Å²) in [5.74, 6) is 0.788. The largest absolute Gasteiger partial charge is 0.370 e. The van der Waals surface area contributed by atoms with Gasteiger partial charge in [-0.05, 0) is 51.4 Å². The maximum absolute atomic E-state index is 4.55. The van der Waals surface area contributed by atoms with Crippen LogP contribution in [0.2, 0.25) is 0 Å². The van der Waals surface area contributed by atoms with Crippen LogP contribution in [0.25, 0.3) is 0 Å². The summed E-state index contributed by atoms with van der Waals surface area (Å²) in [6.07, 6.45) is 1.29. The lowest BCUT2D eigenvalue weighted by Crippen LogP contribution is -2.26. The van der Waals surface area contributed by atoms with Crippen LogP contribution >= 0.6 is 0 Å². The molecule has 1 aromatic heterocycles. The Morgan fingerprint density at radius 1 is 1.41 bits per heavy atom. The summed E-state index contributed by atoms with van der Waals surface area (Å²) < 4.78 is 0. The highest BCUT2D eigenvalue weighted by atomic mass is 15.2. The van der Waals surface area contributed by atoms with Crippen molar-refractivity contribution in [3.05, 3.63) is 23.5 Å². The van der Waals surface area contributed by atoms with Gasteiger partial charge in [0.2, 0.25) is 0 Å². The summed E-state index contributed by atoms with van der Waals surface area (Å²) in [6.45, 7) is 10.9. The molecule has 0 radical (unpaired) electrons. The SMILES string of the molecule is CCNCC1CCN(c2ccc(C)nc2C)C1. The molecular weight excluding hydrogens is 210 g/mol. The molecule has 1 aliphatic rings. The molecule has 94 valence electrons. The smallest absolute Gasteiger partial charge is 0.0608 e. The van der Waals surface area contributed by atoms with Crippen LogP contribution < -0.4 is 10.2 Å². The predicted molar refractivity (Wildman–Crippen MR) is 72.6 cm³/mol. The molecule has 3 nitrogen and oxygen atoms in total. The van der Waals surface area contributed by atoms with E-state index >= 15 is 0 Å². The molecule has 1 saturated heterocycles. The topological polar surface area (TPSA) is 28.2 Å². The quantitative estimate of drug-likeness (QED) is 0.863. The number of hydrogen-bond acceptors (Lipinski definition) is 3. The number of nitrogens with zero attached hydrogens (tertiary/aromatic N) is 2. The van der Waals surface area contributed by atoms with Crippen molar-refractivity contribution in [3.63, 3.8) is 0 Å². The Kier molecular flexibility index (Phi) is 4.00. The summed E-state index contributed by atoms with van der Waals surface area (Å²) >= 11 is 0. The van der Waals surface area contributed by atoms with Crippen molar-refractivity contribution in [2.24, 2.45) is 5.92 Å². The summed E-state index contributed by atoms with van der Waals surface area (Å²) in [5, 5.41) is 3.44. The standard InChI is InChI=1S/C14H23N3/c1-4-15-9-13-7-8-17(10-13)14-6-5-11(2)16-12(14)3/h5-6,13,15H,4,7-10H2,1-3H3. The van der Waals surface area contributed by atoms with Crippen LogP contribution in [0, 0.1) is 19.8 Å². The molecule has 0 amide bonds. The first-order valence-electron chi connectivity index (χ1n) is 6.60. The average molecular weight is 233 g/mol. The minimum atomic E-state index is 0.788. The van der Waals surface area contributed by atoms with Crippen LogP contribution in [-0.2, 0) is 0 Å². The Morgan fingerprint density at radius 2 is 2.24 bits per heavy atom. The van der Waals surface area contributed by atoms with Crippen molar-refractivity contribution in [2.75, 3.05) is 31.1 Å². The number of pyridine rings is 1. The van der Waals surface area contributed by atoms with E-state index in [9.17, 15) is 0 Å². The highest BCUT2D eigenvalue weighted by Crippen LogP contribution is 2.25. The van der Waals surface area contributed by atoms with Crippen molar-refractivity contribution >= 4 is 5.69 Å². The number of nitrogens with one attached hydrogen (secondary N) is 1. The van der Waals surface area contributed by atoms with Crippen molar-refractivity contribution in [2.45, 2.75) is 27.2 Å². The molecule has 1 aromatic rings. The van der Waals surface area contributed by atoms with Crippen LogP contribution in [0.5, 0.6) is 0 Å². The third kappa shape index (κ3) is 2.97. The van der Waals surface area contributed by atoms with E-state index in [2.05, 4.69) is 48.1 Å². The van der Waals surface area contributed by atoms with Gasteiger partial charge in [-0.2, -0.15) is 0 Å². The number of aromatic nitrogens is 1. The van der Waals surface area contributed by atoms with Gasteiger partial charge in [-0.15, -0.1) is 0 Å². The zero-order valence-electron chi connectivity index (χ0n) is 11.2. The van der Waals surface area contributed by atoms with Crippen LogP contribution in [0.3, 0.4) is 0 Å². The average Bonchev–Trinajstić information content (AvgIpc) is 2.75. The van der Waals surface area contributed by atoms with Crippen LogP contribution in [0.15, 0.2) is 12.1 Å². The highest BCUT2D eigenvalue weighted by Gasteiger charge is 2.23. The maximum atomic E-state index is 4.55. The molecular formula is C14H23N3. The Hall–Kier alpha value is -1.09. The second-order valence-electron chi connectivity index (χ2n) is 4.97. The molecule has 0 spiro atoms. The lowest BCUT2D eigenvalue weighted by molar-refractivity contribution is 0.527. The maximum Gasteiger partial charge on any atom is 0.0608 e. The summed E-state index contributed by atoms with van der Waals surface area (Å²) in [5.41, 5.74) is 3.58. The number of hydrogen-bond donors (Lipinski definition) is 1. The van der Waals surface area contributed by atoms with E-state index in [4.69, 9.17) is 0 Å². The van der Waals surface area contributed by atoms with E-state index in [0.29, 0.717) is 0 Å². The first kappa shape index (κ1) is 12.4. The lowest BCUT2D eigenvalue weighted by atomic mass is 10.1. The van der Waals surface area contributed by atoms with Gasteiger partial charge in [0.15, 0.2) is 0 Å². The van der Waals surface area contributed by atoms with Gasteiger partial charge < -0.3 is 10.2 Å². The zero-order chi connectivity index (χ0) is 12.3. The van der Waals surface area contributed by atoms with E-state index in [0.717, 1.165) is 30.4 Å². The fraction of sp³-hybridized carbons (Fsp3) is 0.643. The van der Waals surface area contributed by atoms with Crippen LogP contribution in [0.1, 0.15) is 24.7 Å². The molecule has 0 saturated carbocycles. The van der Waals surface area contributed by atoms with Gasteiger partial charge in [0.25, 0.3) is 0 Å². The molecule has 0 aliphatic carbocycles. The molecule has 3 heteroatoms. The molecule has 1 atom stereocenters. The van der Waals surface area contributed by atoms with Gasteiger partial charge in [-0.25, -0.2) is 0 Å². The Morgan fingerprint density at radius 3 is 2.94 bits per heavy atom.